The number of piperidine rings is 1. The van der Waals surface area contributed by atoms with E-state index >= 15 is 0 Å². The van der Waals surface area contributed by atoms with E-state index in [1.165, 1.54) is 6.20 Å². The number of carbonyl (C=O) groups is 1. The average molecular weight is 539 g/mol. The topological polar surface area (TPSA) is 117 Å². The number of ether oxygens (including phenoxy) is 1. The minimum atomic E-state index is -0.328. The molecule has 40 heavy (non-hydrogen) atoms. The molecule has 1 saturated heterocycles. The fourth-order valence-electron chi connectivity index (χ4n) is 4.35. The zero-order chi connectivity index (χ0) is 27.7. The molecule has 3 N–H and O–H groups in total. The molecule has 0 saturated carbocycles. The molecule has 10 heteroatoms. The molecule has 206 valence electrons. The number of carbonyl (C=O) groups excluding carboxylic acids is 1. The van der Waals surface area contributed by atoms with Gasteiger partial charge < -0.3 is 25.6 Å². The van der Waals surface area contributed by atoms with Crippen molar-refractivity contribution in [1.82, 2.24) is 30.2 Å². The lowest BCUT2D eigenvalue weighted by molar-refractivity contribution is 0.0958. The van der Waals surface area contributed by atoms with E-state index in [9.17, 15) is 4.79 Å². The summed E-state index contributed by atoms with van der Waals surface area (Å²) in [5.41, 5.74) is 3.07. The number of anilines is 4. The summed E-state index contributed by atoms with van der Waals surface area (Å²) in [6, 6.07) is 17.3. The van der Waals surface area contributed by atoms with Crippen molar-refractivity contribution in [2.24, 2.45) is 0 Å². The summed E-state index contributed by atoms with van der Waals surface area (Å²) < 4.78 is 6.15. The standard InChI is InChI=1S/C30H32N8O2.H2/c1-3-14-32-29(39)25-20-33-30(34-23-9-4-7-21(18-23)22-8-6-15-31-19-22)37-28(25)36-26-10-5-11-27(35-26)40-24-12-16-38(2)17-13-24;/h3-11,15,18-20,24H,1,12-14,16-17H2,2H3,(H,32,39)(H2,33,34,35,36,37);1H. The monoisotopic (exact) mass is 538 g/mol. The van der Waals surface area contributed by atoms with Gasteiger partial charge in [-0.05, 0) is 49.7 Å². The molecule has 0 unspecified atom stereocenters. The Bertz CT molecular complexity index is 1460. The van der Waals surface area contributed by atoms with Crippen LogP contribution in [0.15, 0.2) is 85.8 Å². The van der Waals surface area contributed by atoms with Crippen LogP contribution in [0.3, 0.4) is 0 Å². The van der Waals surface area contributed by atoms with E-state index in [2.05, 4.69) is 54.4 Å². The van der Waals surface area contributed by atoms with E-state index in [1.807, 2.05) is 54.7 Å². The zero-order valence-electron chi connectivity index (χ0n) is 22.4. The van der Waals surface area contributed by atoms with Crippen molar-refractivity contribution in [2.45, 2.75) is 18.9 Å². The van der Waals surface area contributed by atoms with Gasteiger partial charge in [0.25, 0.3) is 5.91 Å². The van der Waals surface area contributed by atoms with Crippen LogP contribution in [0.4, 0.5) is 23.3 Å². The average Bonchev–Trinajstić information content (AvgIpc) is 2.98. The minimum Gasteiger partial charge on any atom is -0.474 e. The first-order valence-corrected chi connectivity index (χ1v) is 13.2. The number of hydrogen-bond acceptors (Lipinski definition) is 9. The normalized spacial score (nSPS) is 13.8. The molecule has 10 nitrogen and oxygen atoms in total. The van der Waals surface area contributed by atoms with Crippen LogP contribution in [-0.2, 0) is 0 Å². The van der Waals surface area contributed by atoms with Gasteiger partial charge in [0, 0.05) is 57.0 Å². The summed E-state index contributed by atoms with van der Waals surface area (Å²) in [4.78, 5) is 33.0. The predicted molar refractivity (Wildman–Crippen MR) is 158 cm³/mol. The van der Waals surface area contributed by atoms with Gasteiger partial charge in [-0.15, -0.1) is 6.58 Å². The number of benzene rings is 1. The SMILES string of the molecule is C=CCNC(=O)c1cnc(Nc2cccc(-c3cccnc3)c2)nc1Nc1cccc(OC2CCN(C)CC2)n1.[HH]. The van der Waals surface area contributed by atoms with Crippen molar-refractivity contribution in [3.05, 3.63) is 91.4 Å². The van der Waals surface area contributed by atoms with E-state index in [-0.39, 0.29) is 19.0 Å². The van der Waals surface area contributed by atoms with Crippen molar-refractivity contribution < 1.29 is 11.0 Å². The summed E-state index contributed by atoms with van der Waals surface area (Å²) in [6.07, 6.45) is 8.68. The first-order valence-electron chi connectivity index (χ1n) is 13.2. The fourth-order valence-corrected chi connectivity index (χ4v) is 4.35. The number of nitrogens with zero attached hydrogens (tertiary/aromatic N) is 5. The predicted octanol–water partition coefficient (Wildman–Crippen LogP) is 5.06. The second-order valence-corrected chi connectivity index (χ2v) is 9.51. The quantitative estimate of drug-likeness (QED) is 0.238. The Morgan fingerprint density at radius 1 is 1.07 bits per heavy atom. The minimum absolute atomic E-state index is 0. The number of pyridine rings is 2. The molecule has 3 aromatic heterocycles. The lowest BCUT2D eigenvalue weighted by Gasteiger charge is -2.29. The third kappa shape index (κ3) is 6.97. The van der Waals surface area contributed by atoms with Gasteiger partial charge in [-0.2, -0.15) is 9.97 Å². The Morgan fingerprint density at radius 3 is 2.70 bits per heavy atom. The van der Waals surface area contributed by atoms with Gasteiger partial charge in [0.15, 0.2) is 0 Å². The van der Waals surface area contributed by atoms with E-state index in [0.717, 1.165) is 42.7 Å². The Hall–Kier alpha value is -4.83. The van der Waals surface area contributed by atoms with Gasteiger partial charge in [-0.1, -0.05) is 30.3 Å². The number of hydrogen-bond donors (Lipinski definition) is 3. The van der Waals surface area contributed by atoms with Crippen molar-refractivity contribution in [3.63, 3.8) is 0 Å². The highest BCUT2D eigenvalue weighted by atomic mass is 16.5. The molecular weight excluding hydrogens is 504 g/mol. The van der Waals surface area contributed by atoms with E-state index in [0.29, 0.717) is 30.0 Å². The van der Waals surface area contributed by atoms with Gasteiger partial charge in [0.05, 0.1) is 0 Å². The smallest absolute Gasteiger partial charge is 0.256 e. The van der Waals surface area contributed by atoms with Gasteiger partial charge in [0.2, 0.25) is 11.8 Å². The van der Waals surface area contributed by atoms with E-state index in [1.54, 1.807) is 18.3 Å². The maximum atomic E-state index is 12.9. The fraction of sp³-hybridized carbons (Fsp3) is 0.233. The van der Waals surface area contributed by atoms with Gasteiger partial charge in [-0.3, -0.25) is 9.78 Å². The Balaban J connectivity index is 0.00000387. The van der Waals surface area contributed by atoms with Crippen LogP contribution in [0.1, 0.15) is 24.6 Å². The highest BCUT2D eigenvalue weighted by molar-refractivity contribution is 5.99. The number of amides is 1. The third-order valence-electron chi connectivity index (χ3n) is 6.48. The lowest BCUT2D eigenvalue weighted by atomic mass is 10.1. The summed E-state index contributed by atoms with van der Waals surface area (Å²) in [7, 11) is 2.12. The molecule has 1 aliphatic heterocycles. The molecule has 1 aromatic carbocycles. The van der Waals surface area contributed by atoms with Crippen LogP contribution < -0.4 is 20.7 Å². The first kappa shape index (κ1) is 26.8. The van der Waals surface area contributed by atoms with Crippen molar-refractivity contribution in [3.8, 4) is 17.0 Å². The molecule has 1 amide bonds. The maximum absolute atomic E-state index is 12.9. The molecule has 4 aromatic rings. The van der Waals surface area contributed by atoms with E-state index < -0.39 is 0 Å². The second kappa shape index (κ2) is 12.8. The molecule has 0 atom stereocenters. The van der Waals surface area contributed by atoms with E-state index in [4.69, 9.17) is 4.74 Å². The number of aromatic nitrogens is 4. The summed E-state index contributed by atoms with van der Waals surface area (Å²) in [6.45, 7) is 5.97. The second-order valence-electron chi connectivity index (χ2n) is 9.51. The molecule has 0 aliphatic carbocycles. The lowest BCUT2D eigenvalue weighted by Crippen LogP contribution is -2.35. The largest absolute Gasteiger partial charge is 0.474 e. The van der Waals surface area contributed by atoms with Crippen LogP contribution in [0.25, 0.3) is 11.1 Å². The number of rotatable bonds is 10. The number of likely N-dealkylation sites (tertiary alicyclic amines) is 1. The van der Waals surface area contributed by atoms with Crippen molar-refractivity contribution in [2.75, 3.05) is 37.3 Å². The summed E-state index contributed by atoms with van der Waals surface area (Å²) in [5, 5.41) is 9.22. The summed E-state index contributed by atoms with van der Waals surface area (Å²) in [5.74, 6) is 1.34. The van der Waals surface area contributed by atoms with Gasteiger partial charge in [-0.25, -0.2) is 4.98 Å². The molecule has 4 heterocycles. The van der Waals surface area contributed by atoms with Crippen molar-refractivity contribution >= 4 is 29.2 Å². The van der Waals surface area contributed by atoms with Crippen LogP contribution in [-0.4, -0.2) is 63.5 Å². The number of nitrogens with one attached hydrogen (secondary N) is 3. The maximum Gasteiger partial charge on any atom is 0.256 e. The molecule has 0 bridgehead atoms. The zero-order valence-corrected chi connectivity index (χ0v) is 22.4. The Labute approximate surface area is 235 Å². The molecule has 5 rings (SSSR count). The highest BCUT2D eigenvalue weighted by Gasteiger charge is 2.19. The van der Waals surface area contributed by atoms with Crippen LogP contribution in [0.5, 0.6) is 5.88 Å². The molecule has 0 radical (unpaired) electrons. The first-order chi connectivity index (χ1) is 19.6. The van der Waals surface area contributed by atoms with Crippen molar-refractivity contribution in [1.29, 1.82) is 0 Å². The Morgan fingerprint density at radius 2 is 1.90 bits per heavy atom. The molecule has 1 fully saturated rings. The molecular formula is C30H34N8O2. The van der Waals surface area contributed by atoms with Gasteiger partial charge >= 0.3 is 0 Å². The Kier molecular flexibility index (Phi) is 8.57. The highest BCUT2D eigenvalue weighted by Crippen LogP contribution is 2.26. The molecule has 0 spiro atoms. The van der Waals surface area contributed by atoms with Gasteiger partial charge in [0.1, 0.15) is 23.3 Å². The molecule has 1 aliphatic rings. The van der Waals surface area contributed by atoms with Crippen LogP contribution in [0.2, 0.25) is 0 Å². The van der Waals surface area contributed by atoms with Crippen LogP contribution >= 0.6 is 0 Å². The third-order valence-corrected chi connectivity index (χ3v) is 6.48. The van der Waals surface area contributed by atoms with Crippen LogP contribution in [0, 0.1) is 0 Å². The summed E-state index contributed by atoms with van der Waals surface area (Å²) >= 11 is 0.